The van der Waals surface area contributed by atoms with Crippen molar-refractivity contribution >= 4 is 21.2 Å². The Kier molecular flexibility index (Phi) is 3.87. The molecule has 1 aliphatic heterocycles. The van der Waals surface area contributed by atoms with Crippen LogP contribution in [0.5, 0.6) is 0 Å². The van der Waals surface area contributed by atoms with E-state index in [1.54, 1.807) is 11.3 Å². The van der Waals surface area contributed by atoms with Gasteiger partial charge in [0.05, 0.1) is 17.5 Å². The van der Waals surface area contributed by atoms with Crippen LogP contribution >= 0.6 is 11.3 Å². The molecular weight excluding hydrogens is 256 g/mol. The Morgan fingerprint density at radius 2 is 2.41 bits per heavy atom. The van der Waals surface area contributed by atoms with Crippen molar-refractivity contribution in [3.05, 3.63) is 22.4 Å². The summed E-state index contributed by atoms with van der Waals surface area (Å²) in [4.78, 5) is 3.33. The second-order valence-corrected chi connectivity index (χ2v) is 7.70. The van der Waals surface area contributed by atoms with E-state index in [1.165, 1.54) is 4.88 Å². The highest BCUT2D eigenvalue weighted by Crippen LogP contribution is 2.28. The third-order valence-corrected chi connectivity index (χ3v) is 6.09. The van der Waals surface area contributed by atoms with Crippen molar-refractivity contribution in [1.29, 1.82) is 0 Å². The predicted octanol–water partition coefficient (Wildman–Crippen LogP) is 0.867. The normalized spacial score (nSPS) is 25.2. The third-order valence-electron chi connectivity index (χ3n) is 3.37. The quantitative estimate of drug-likeness (QED) is 0.885. The number of hydrogen-bond donors (Lipinski definition) is 1. The number of hydrogen-bond acceptors (Lipinski definition) is 5. The van der Waals surface area contributed by atoms with Gasteiger partial charge in [-0.2, -0.15) is 0 Å². The van der Waals surface area contributed by atoms with Crippen LogP contribution in [0, 0.1) is 0 Å². The molecule has 1 fully saturated rings. The van der Waals surface area contributed by atoms with Gasteiger partial charge in [-0.05, 0) is 24.9 Å². The molecule has 0 aliphatic carbocycles. The predicted molar refractivity (Wildman–Crippen MR) is 70.9 cm³/mol. The number of nitrogens with two attached hydrogens (primary N) is 1. The van der Waals surface area contributed by atoms with Crippen LogP contribution in [0.25, 0.3) is 0 Å². The molecule has 1 aliphatic rings. The van der Waals surface area contributed by atoms with E-state index >= 15 is 0 Å². The van der Waals surface area contributed by atoms with Gasteiger partial charge in [0.25, 0.3) is 0 Å². The molecule has 2 unspecified atom stereocenters. The van der Waals surface area contributed by atoms with Gasteiger partial charge in [0.1, 0.15) is 0 Å². The molecule has 0 aromatic carbocycles. The molecule has 96 valence electrons. The highest BCUT2D eigenvalue weighted by molar-refractivity contribution is 7.91. The van der Waals surface area contributed by atoms with Crippen molar-refractivity contribution in [3.63, 3.8) is 0 Å². The Bertz CT molecular complexity index is 456. The summed E-state index contributed by atoms with van der Waals surface area (Å²) in [5.41, 5.74) is 5.82. The minimum absolute atomic E-state index is 0.107. The van der Waals surface area contributed by atoms with Crippen LogP contribution in [0.4, 0.5) is 0 Å². The maximum atomic E-state index is 11.5. The Labute approximate surface area is 106 Å². The number of likely N-dealkylation sites (N-methyl/N-ethyl adjacent to an activating group) is 1. The first kappa shape index (κ1) is 13.0. The smallest absolute Gasteiger partial charge is 0.151 e. The summed E-state index contributed by atoms with van der Waals surface area (Å²) in [6.07, 6.45) is 0.723. The molecule has 2 rings (SSSR count). The first-order chi connectivity index (χ1) is 8.03. The van der Waals surface area contributed by atoms with Crippen LogP contribution in [0.1, 0.15) is 17.3 Å². The monoisotopic (exact) mass is 274 g/mol. The Morgan fingerprint density at radius 1 is 1.65 bits per heavy atom. The Morgan fingerprint density at radius 3 is 2.88 bits per heavy atom. The zero-order chi connectivity index (χ0) is 12.5. The van der Waals surface area contributed by atoms with Gasteiger partial charge in [-0.3, -0.25) is 4.90 Å². The van der Waals surface area contributed by atoms with E-state index in [0.29, 0.717) is 12.3 Å². The first-order valence-corrected chi connectivity index (χ1v) is 8.39. The van der Waals surface area contributed by atoms with Gasteiger partial charge in [-0.1, -0.05) is 6.07 Å². The van der Waals surface area contributed by atoms with E-state index in [1.807, 2.05) is 18.5 Å². The van der Waals surface area contributed by atoms with Crippen LogP contribution in [-0.2, 0) is 9.84 Å². The van der Waals surface area contributed by atoms with Crippen LogP contribution in [0.2, 0.25) is 0 Å². The molecule has 0 radical (unpaired) electrons. The topological polar surface area (TPSA) is 63.4 Å². The molecule has 4 nitrogen and oxygen atoms in total. The van der Waals surface area contributed by atoms with E-state index in [9.17, 15) is 8.42 Å². The number of rotatable bonds is 4. The molecule has 0 amide bonds. The first-order valence-electron chi connectivity index (χ1n) is 5.69. The van der Waals surface area contributed by atoms with Crippen LogP contribution < -0.4 is 5.73 Å². The summed E-state index contributed by atoms with van der Waals surface area (Å²) in [5.74, 6) is 0.578. The lowest BCUT2D eigenvalue weighted by atomic mass is 10.1. The van der Waals surface area contributed by atoms with Crippen LogP contribution in [-0.4, -0.2) is 44.5 Å². The maximum Gasteiger partial charge on any atom is 0.151 e. The zero-order valence-electron chi connectivity index (χ0n) is 9.87. The van der Waals surface area contributed by atoms with E-state index in [4.69, 9.17) is 5.73 Å². The molecule has 1 aromatic heterocycles. The second kappa shape index (κ2) is 5.06. The van der Waals surface area contributed by atoms with Gasteiger partial charge < -0.3 is 5.73 Å². The van der Waals surface area contributed by atoms with Crippen LogP contribution in [0.3, 0.4) is 0 Å². The average Bonchev–Trinajstić information content (AvgIpc) is 2.88. The minimum Gasteiger partial charge on any atom is -0.329 e. The molecule has 2 N–H and O–H groups in total. The molecule has 0 spiro atoms. The second-order valence-electron chi connectivity index (χ2n) is 4.49. The van der Waals surface area contributed by atoms with Crippen LogP contribution in [0.15, 0.2) is 17.5 Å². The maximum absolute atomic E-state index is 11.5. The molecule has 0 bridgehead atoms. The minimum atomic E-state index is -2.83. The van der Waals surface area contributed by atoms with Gasteiger partial charge in [0.2, 0.25) is 0 Å². The fraction of sp³-hybridized carbons (Fsp3) is 0.636. The summed E-state index contributed by atoms with van der Waals surface area (Å²) in [7, 11) is -0.855. The highest BCUT2D eigenvalue weighted by Gasteiger charge is 2.33. The Hall–Kier alpha value is -0.430. The van der Waals surface area contributed by atoms with Crippen molar-refractivity contribution in [3.8, 4) is 0 Å². The standard InChI is InChI=1S/C11H18N2O2S2/c1-13(9-4-6-17(14,15)8-9)10(7-12)11-3-2-5-16-11/h2-3,5,9-10H,4,6-8,12H2,1H3. The lowest BCUT2D eigenvalue weighted by Crippen LogP contribution is -2.39. The molecule has 17 heavy (non-hydrogen) atoms. The molecule has 2 heterocycles. The van der Waals surface area contributed by atoms with Crippen molar-refractivity contribution in [2.45, 2.75) is 18.5 Å². The summed E-state index contributed by atoms with van der Waals surface area (Å²) in [6, 6.07) is 4.30. The van der Waals surface area contributed by atoms with E-state index in [2.05, 4.69) is 11.0 Å². The fourth-order valence-corrected chi connectivity index (χ4v) is 4.99. The lowest BCUT2D eigenvalue weighted by molar-refractivity contribution is 0.195. The number of sulfone groups is 1. The lowest BCUT2D eigenvalue weighted by Gasteiger charge is -2.30. The third kappa shape index (κ3) is 2.88. The van der Waals surface area contributed by atoms with Crippen molar-refractivity contribution in [2.75, 3.05) is 25.1 Å². The molecule has 0 saturated carbocycles. The molecule has 1 aromatic rings. The molecular formula is C11H18N2O2S2. The van der Waals surface area contributed by atoms with E-state index < -0.39 is 9.84 Å². The van der Waals surface area contributed by atoms with Gasteiger partial charge in [0.15, 0.2) is 9.84 Å². The molecule has 1 saturated heterocycles. The highest BCUT2D eigenvalue weighted by atomic mass is 32.2. The Balaban J connectivity index is 2.11. The number of thiophene rings is 1. The SMILES string of the molecule is CN(C1CCS(=O)(=O)C1)C(CN)c1cccs1. The fourth-order valence-electron chi connectivity index (χ4n) is 2.32. The molecule has 6 heteroatoms. The number of nitrogens with zero attached hydrogens (tertiary/aromatic N) is 1. The molecule has 2 atom stereocenters. The summed E-state index contributed by atoms with van der Waals surface area (Å²) >= 11 is 1.67. The van der Waals surface area contributed by atoms with Gasteiger partial charge in [-0.15, -0.1) is 11.3 Å². The van der Waals surface area contributed by atoms with Gasteiger partial charge in [0, 0.05) is 17.5 Å². The van der Waals surface area contributed by atoms with Crippen molar-refractivity contribution < 1.29 is 8.42 Å². The van der Waals surface area contributed by atoms with E-state index in [0.717, 1.165) is 6.42 Å². The van der Waals surface area contributed by atoms with Gasteiger partial charge in [-0.25, -0.2) is 8.42 Å². The summed E-state index contributed by atoms with van der Waals surface area (Å²) < 4.78 is 23.0. The zero-order valence-corrected chi connectivity index (χ0v) is 11.5. The van der Waals surface area contributed by atoms with Crippen molar-refractivity contribution in [2.24, 2.45) is 5.73 Å². The summed E-state index contributed by atoms with van der Waals surface area (Å²) in [6.45, 7) is 0.521. The largest absolute Gasteiger partial charge is 0.329 e. The average molecular weight is 274 g/mol. The van der Waals surface area contributed by atoms with Gasteiger partial charge >= 0.3 is 0 Å². The van der Waals surface area contributed by atoms with Crippen molar-refractivity contribution in [1.82, 2.24) is 4.90 Å². The van der Waals surface area contributed by atoms with E-state index in [-0.39, 0.29) is 17.8 Å². The summed E-state index contributed by atoms with van der Waals surface area (Å²) in [5, 5.41) is 2.03.